The van der Waals surface area contributed by atoms with Crippen LogP contribution in [0.2, 0.25) is 0 Å². The van der Waals surface area contributed by atoms with Crippen LogP contribution in [0.25, 0.3) is 5.76 Å². The number of aryl methyl sites for hydroxylation is 2. The lowest BCUT2D eigenvalue weighted by molar-refractivity contribution is -0.378. The molecular formula is C25H24N3O6S+. The number of ether oxygens (including phenoxy) is 2. The Morgan fingerprint density at radius 1 is 1.26 bits per heavy atom. The van der Waals surface area contributed by atoms with E-state index in [1.165, 1.54) is 4.90 Å². The van der Waals surface area contributed by atoms with E-state index in [-0.39, 0.29) is 27.9 Å². The van der Waals surface area contributed by atoms with Gasteiger partial charge in [0.05, 0.1) is 25.0 Å². The normalized spacial score (nSPS) is 17.0. The number of carbonyl (C=O) groups is 3. The number of H-pyrrole nitrogens is 1. The summed E-state index contributed by atoms with van der Waals surface area (Å²) in [6.45, 7) is 5.33. The number of esters is 1. The Morgan fingerprint density at radius 3 is 2.66 bits per heavy atom. The number of methoxy groups -OCH3 is 1. The Kier molecular flexibility index (Phi) is 6.65. The first-order valence-electron chi connectivity index (χ1n) is 10.8. The van der Waals surface area contributed by atoms with Gasteiger partial charge in [-0.05, 0) is 50.6 Å². The summed E-state index contributed by atoms with van der Waals surface area (Å²) in [4.78, 5) is 47.7. The van der Waals surface area contributed by atoms with Crippen molar-refractivity contribution < 1.29 is 33.9 Å². The van der Waals surface area contributed by atoms with E-state index in [1.807, 2.05) is 6.92 Å². The smallest absolute Gasteiger partial charge is 0.350 e. The lowest BCUT2D eigenvalue weighted by Crippen LogP contribution is -2.29. The maximum atomic E-state index is 13.3. The van der Waals surface area contributed by atoms with Gasteiger partial charge in [-0.1, -0.05) is 11.3 Å². The molecule has 2 aromatic heterocycles. The number of nitrogens with one attached hydrogen (secondary N) is 1. The lowest BCUT2D eigenvalue weighted by Gasteiger charge is -2.21. The fourth-order valence-corrected chi connectivity index (χ4v) is 4.96. The first kappa shape index (κ1) is 24.1. The zero-order chi connectivity index (χ0) is 25.3. The molecule has 9 nitrogen and oxygen atoms in total. The number of hydrogen-bond donors (Lipinski definition) is 1. The predicted octanol–water partition coefficient (Wildman–Crippen LogP) is 3.39. The van der Waals surface area contributed by atoms with Crippen molar-refractivity contribution in [3.05, 3.63) is 75.6 Å². The van der Waals surface area contributed by atoms with Crippen LogP contribution in [-0.2, 0) is 14.3 Å². The number of hydrogen-bond acceptors (Lipinski definition) is 8. The minimum absolute atomic E-state index is 0.0790. The number of benzene rings is 1. The zero-order valence-corrected chi connectivity index (χ0v) is 20.4. The summed E-state index contributed by atoms with van der Waals surface area (Å²) < 4.78 is 10.4. The Hall–Kier alpha value is -4.05. The van der Waals surface area contributed by atoms with Crippen LogP contribution >= 0.6 is 11.3 Å². The third kappa shape index (κ3) is 4.28. The van der Waals surface area contributed by atoms with Crippen LogP contribution in [0.15, 0.2) is 48.3 Å². The van der Waals surface area contributed by atoms with Gasteiger partial charge in [-0.15, -0.1) is 0 Å². The van der Waals surface area contributed by atoms with Gasteiger partial charge in [0.15, 0.2) is 17.5 Å². The van der Waals surface area contributed by atoms with E-state index >= 15 is 0 Å². The van der Waals surface area contributed by atoms with Crippen LogP contribution in [0.4, 0.5) is 5.13 Å². The van der Waals surface area contributed by atoms with Gasteiger partial charge in [0.2, 0.25) is 0 Å². The molecule has 0 spiro atoms. The molecule has 180 valence electrons. The largest absolute Gasteiger partial charge is 0.507 e. The standard InChI is InChI=1S/C25H23N3O6S/c1-5-34-24(32)22-14(3)27-25(35-22)28-19(16-7-6-10-26-12-16)18(21(30)23(28)31)20(29)15-8-9-17(33-4)13(2)11-15/h6-12,19,29H,5H2,1-4H3/p+1. The maximum absolute atomic E-state index is 13.3. The van der Waals surface area contributed by atoms with Gasteiger partial charge < -0.3 is 14.6 Å². The van der Waals surface area contributed by atoms with E-state index in [2.05, 4.69) is 9.97 Å². The monoisotopic (exact) mass is 494 g/mol. The molecule has 1 fully saturated rings. The summed E-state index contributed by atoms with van der Waals surface area (Å²) in [5, 5.41) is 11.4. The van der Waals surface area contributed by atoms with Crippen molar-refractivity contribution in [1.29, 1.82) is 0 Å². The Balaban J connectivity index is 1.89. The van der Waals surface area contributed by atoms with Gasteiger partial charge in [-0.2, -0.15) is 0 Å². The molecule has 1 atom stereocenters. The van der Waals surface area contributed by atoms with Gasteiger partial charge in [0.25, 0.3) is 5.78 Å². The number of rotatable bonds is 6. The number of thiazole rings is 1. The zero-order valence-electron chi connectivity index (χ0n) is 19.6. The van der Waals surface area contributed by atoms with E-state index in [0.717, 1.165) is 16.9 Å². The number of aliphatic hydroxyl groups excluding tert-OH is 1. The SMILES string of the molecule is CCOC(=O)c1sc(N2C(=O)C(=O)C(=C(O)c3ccc(OC)c(C)c3)C2c2ccc[nH+]c2)nc1C. The number of aromatic nitrogens is 2. The minimum atomic E-state index is -0.963. The average molecular weight is 495 g/mol. The average Bonchev–Trinajstić information content (AvgIpc) is 3.36. The number of pyridine rings is 1. The fourth-order valence-electron chi connectivity index (χ4n) is 3.98. The molecule has 1 saturated heterocycles. The third-order valence-corrected chi connectivity index (χ3v) is 6.75. The van der Waals surface area contributed by atoms with Gasteiger partial charge in [-0.25, -0.2) is 14.8 Å². The molecule has 3 heterocycles. The molecule has 4 rings (SSSR count). The van der Waals surface area contributed by atoms with E-state index in [1.54, 1.807) is 63.7 Å². The summed E-state index contributed by atoms with van der Waals surface area (Å²) >= 11 is 0.962. The van der Waals surface area contributed by atoms with E-state index in [0.29, 0.717) is 22.6 Å². The Bertz CT molecular complexity index is 1350. The summed E-state index contributed by atoms with van der Waals surface area (Å²) in [6, 6.07) is 7.48. The minimum Gasteiger partial charge on any atom is -0.507 e. The number of carbonyl (C=O) groups excluding carboxylic acids is 3. The van der Waals surface area contributed by atoms with Crippen molar-refractivity contribution in [2.24, 2.45) is 0 Å². The molecule has 1 amide bonds. The second kappa shape index (κ2) is 9.67. The van der Waals surface area contributed by atoms with Crippen LogP contribution in [0.5, 0.6) is 5.75 Å². The number of amides is 1. The fraction of sp³-hybridized carbons (Fsp3) is 0.240. The van der Waals surface area contributed by atoms with E-state index in [9.17, 15) is 19.5 Å². The highest BCUT2D eigenvalue weighted by molar-refractivity contribution is 7.17. The van der Waals surface area contributed by atoms with E-state index in [4.69, 9.17) is 9.47 Å². The Labute approximate surface area is 205 Å². The molecule has 1 unspecified atom stereocenters. The van der Waals surface area contributed by atoms with Crippen LogP contribution in [0.3, 0.4) is 0 Å². The molecule has 2 N–H and O–H groups in total. The molecule has 10 heteroatoms. The number of ketones is 1. The first-order chi connectivity index (χ1) is 16.8. The van der Waals surface area contributed by atoms with Gasteiger partial charge in [0.1, 0.15) is 22.4 Å². The van der Waals surface area contributed by atoms with Crippen molar-refractivity contribution in [3.63, 3.8) is 0 Å². The molecule has 35 heavy (non-hydrogen) atoms. The summed E-state index contributed by atoms with van der Waals surface area (Å²) in [5.74, 6) is -1.95. The molecule has 3 aromatic rings. The van der Waals surface area contributed by atoms with Gasteiger partial charge in [0, 0.05) is 17.2 Å². The van der Waals surface area contributed by atoms with E-state index < -0.39 is 23.7 Å². The highest BCUT2D eigenvalue weighted by atomic mass is 32.1. The molecule has 0 saturated carbocycles. The van der Waals surface area contributed by atoms with Crippen molar-refractivity contribution in [1.82, 2.24) is 4.98 Å². The second-order valence-electron chi connectivity index (χ2n) is 7.82. The number of aromatic amines is 1. The second-order valence-corrected chi connectivity index (χ2v) is 8.80. The van der Waals surface area contributed by atoms with Crippen LogP contribution in [0, 0.1) is 13.8 Å². The highest BCUT2D eigenvalue weighted by Crippen LogP contribution is 2.43. The van der Waals surface area contributed by atoms with Gasteiger partial charge >= 0.3 is 11.9 Å². The number of anilines is 1. The molecular weight excluding hydrogens is 470 g/mol. The van der Waals surface area contributed by atoms with Crippen LogP contribution < -0.4 is 14.6 Å². The summed E-state index contributed by atoms with van der Waals surface area (Å²) in [7, 11) is 1.54. The molecule has 0 bridgehead atoms. The highest BCUT2D eigenvalue weighted by Gasteiger charge is 2.49. The van der Waals surface area contributed by atoms with Crippen molar-refractivity contribution >= 4 is 39.9 Å². The van der Waals surface area contributed by atoms with Crippen molar-refractivity contribution in [2.45, 2.75) is 26.8 Å². The van der Waals surface area contributed by atoms with Crippen LogP contribution in [-0.4, -0.2) is 41.5 Å². The summed E-state index contributed by atoms with van der Waals surface area (Å²) in [6.07, 6.45) is 3.33. The summed E-state index contributed by atoms with van der Waals surface area (Å²) in [5.41, 5.74) is 1.99. The first-order valence-corrected chi connectivity index (χ1v) is 11.7. The third-order valence-electron chi connectivity index (χ3n) is 5.61. The molecule has 1 aliphatic rings. The topological polar surface area (TPSA) is 120 Å². The predicted molar refractivity (Wildman–Crippen MR) is 128 cm³/mol. The molecule has 1 aliphatic heterocycles. The quantitative estimate of drug-likeness (QED) is 0.241. The maximum Gasteiger partial charge on any atom is 0.350 e. The number of nitrogens with zero attached hydrogens (tertiary/aromatic N) is 2. The molecule has 0 radical (unpaired) electrons. The van der Waals surface area contributed by atoms with Gasteiger partial charge in [-0.3, -0.25) is 14.5 Å². The number of aliphatic hydroxyl groups is 1. The van der Waals surface area contributed by atoms with Crippen molar-refractivity contribution in [3.8, 4) is 5.75 Å². The number of Topliss-reactive ketones (excluding diaryl/α,β-unsaturated/α-hetero) is 1. The van der Waals surface area contributed by atoms with Crippen molar-refractivity contribution in [2.75, 3.05) is 18.6 Å². The molecule has 1 aromatic carbocycles. The molecule has 0 aliphatic carbocycles. The van der Waals surface area contributed by atoms with Crippen LogP contribution in [0.1, 0.15) is 45.0 Å². The lowest BCUT2D eigenvalue weighted by atomic mass is 9.96. The Morgan fingerprint density at radius 2 is 2.03 bits per heavy atom.